The fourth-order valence-corrected chi connectivity index (χ4v) is 3.09. The standard InChI is InChI=1S/C14H17FN2O/c15-13-4-2-1-3-12(13)14(18)17-10-5-6-11(17)9-16-8-7-10/h1-4,10-11,16H,5-9H2. The molecular weight excluding hydrogens is 231 g/mol. The second-order valence-electron chi connectivity index (χ2n) is 5.07. The van der Waals surface area contributed by atoms with Crippen molar-refractivity contribution in [1.29, 1.82) is 0 Å². The van der Waals surface area contributed by atoms with Crippen LogP contribution in [0.1, 0.15) is 29.6 Å². The van der Waals surface area contributed by atoms with E-state index < -0.39 is 5.82 Å². The van der Waals surface area contributed by atoms with Crippen LogP contribution in [0.2, 0.25) is 0 Å². The summed E-state index contributed by atoms with van der Waals surface area (Å²) < 4.78 is 13.7. The molecule has 1 amide bonds. The number of nitrogens with zero attached hydrogens (tertiary/aromatic N) is 1. The lowest BCUT2D eigenvalue weighted by atomic mass is 10.1. The van der Waals surface area contributed by atoms with Crippen LogP contribution in [-0.4, -0.2) is 36.0 Å². The third-order valence-electron chi connectivity index (χ3n) is 3.99. The molecule has 2 fully saturated rings. The number of fused-ring (bicyclic) bond motifs is 2. The molecule has 3 rings (SSSR count). The molecule has 4 heteroatoms. The van der Waals surface area contributed by atoms with E-state index in [1.807, 2.05) is 4.90 Å². The van der Waals surface area contributed by atoms with Gasteiger partial charge < -0.3 is 10.2 Å². The van der Waals surface area contributed by atoms with Crippen molar-refractivity contribution >= 4 is 5.91 Å². The minimum absolute atomic E-state index is 0.149. The fourth-order valence-electron chi connectivity index (χ4n) is 3.09. The summed E-state index contributed by atoms with van der Waals surface area (Å²) in [5, 5.41) is 3.34. The minimum atomic E-state index is -0.417. The van der Waals surface area contributed by atoms with Gasteiger partial charge in [0.2, 0.25) is 0 Å². The molecule has 1 aromatic carbocycles. The maximum atomic E-state index is 13.7. The molecule has 2 heterocycles. The number of carbonyl (C=O) groups excluding carboxylic acids is 1. The monoisotopic (exact) mass is 248 g/mol. The Morgan fingerprint density at radius 3 is 2.83 bits per heavy atom. The van der Waals surface area contributed by atoms with Crippen LogP contribution in [0.25, 0.3) is 0 Å². The Labute approximate surface area is 106 Å². The second kappa shape index (κ2) is 4.69. The Balaban J connectivity index is 1.90. The average Bonchev–Trinajstić information content (AvgIpc) is 2.62. The molecule has 0 aromatic heterocycles. The van der Waals surface area contributed by atoms with E-state index in [0.717, 1.165) is 32.4 Å². The number of carbonyl (C=O) groups is 1. The molecular formula is C14H17FN2O. The van der Waals surface area contributed by atoms with Crippen LogP contribution in [0.5, 0.6) is 0 Å². The van der Waals surface area contributed by atoms with Gasteiger partial charge in [-0.05, 0) is 37.9 Å². The Kier molecular flexibility index (Phi) is 3.04. The normalized spacial score (nSPS) is 27.1. The van der Waals surface area contributed by atoms with Crippen molar-refractivity contribution in [2.75, 3.05) is 13.1 Å². The molecule has 2 bridgehead atoms. The highest BCUT2D eigenvalue weighted by atomic mass is 19.1. The molecule has 0 spiro atoms. The molecule has 0 saturated carbocycles. The van der Waals surface area contributed by atoms with E-state index in [1.54, 1.807) is 18.2 Å². The van der Waals surface area contributed by atoms with Crippen LogP contribution in [-0.2, 0) is 0 Å². The molecule has 0 aliphatic carbocycles. The van der Waals surface area contributed by atoms with Crippen molar-refractivity contribution in [3.05, 3.63) is 35.6 Å². The fraction of sp³-hybridized carbons (Fsp3) is 0.500. The van der Waals surface area contributed by atoms with Gasteiger partial charge in [-0.15, -0.1) is 0 Å². The van der Waals surface area contributed by atoms with Crippen LogP contribution in [0.4, 0.5) is 4.39 Å². The van der Waals surface area contributed by atoms with Crippen LogP contribution >= 0.6 is 0 Å². The van der Waals surface area contributed by atoms with Gasteiger partial charge in [0.1, 0.15) is 5.82 Å². The average molecular weight is 248 g/mol. The van der Waals surface area contributed by atoms with E-state index in [2.05, 4.69) is 5.32 Å². The molecule has 2 atom stereocenters. The number of amides is 1. The van der Waals surface area contributed by atoms with Crippen molar-refractivity contribution in [1.82, 2.24) is 10.2 Å². The SMILES string of the molecule is O=C(c1ccccc1F)N1C2CCNCC1CC2. The summed E-state index contributed by atoms with van der Waals surface area (Å²) in [6.45, 7) is 1.78. The lowest BCUT2D eigenvalue weighted by Gasteiger charge is -2.28. The largest absolute Gasteiger partial charge is 0.331 e. The predicted molar refractivity (Wildman–Crippen MR) is 66.9 cm³/mol. The summed E-state index contributed by atoms with van der Waals surface area (Å²) in [5.41, 5.74) is 0.205. The molecule has 96 valence electrons. The van der Waals surface area contributed by atoms with Gasteiger partial charge in [0.25, 0.3) is 5.91 Å². The quantitative estimate of drug-likeness (QED) is 0.822. The van der Waals surface area contributed by atoms with E-state index in [4.69, 9.17) is 0 Å². The third kappa shape index (κ3) is 1.90. The van der Waals surface area contributed by atoms with E-state index >= 15 is 0 Å². The molecule has 2 aliphatic rings. The molecule has 1 N–H and O–H groups in total. The number of benzene rings is 1. The topological polar surface area (TPSA) is 32.3 Å². The minimum Gasteiger partial charge on any atom is -0.331 e. The number of rotatable bonds is 1. The second-order valence-corrected chi connectivity index (χ2v) is 5.07. The molecule has 2 saturated heterocycles. The molecule has 1 aromatic rings. The highest BCUT2D eigenvalue weighted by Gasteiger charge is 2.38. The first-order chi connectivity index (χ1) is 8.77. The van der Waals surface area contributed by atoms with Crippen molar-refractivity contribution in [3.8, 4) is 0 Å². The van der Waals surface area contributed by atoms with Gasteiger partial charge in [-0.1, -0.05) is 12.1 Å². The summed E-state index contributed by atoms with van der Waals surface area (Å²) in [6.07, 6.45) is 3.04. The van der Waals surface area contributed by atoms with Gasteiger partial charge in [-0.3, -0.25) is 4.79 Å². The first kappa shape index (κ1) is 11.7. The van der Waals surface area contributed by atoms with Crippen molar-refractivity contribution in [3.63, 3.8) is 0 Å². The third-order valence-corrected chi connectivity index (χ3v) is 3.99. The van der Waals surface area contributed by atoms with Crippen LogP contribution < -0.4 is 5.32 Å². The first-order valence-corrected chi connectivity index (χ1v) is 6.55. The summed E-state index contributed by atoms with van der Waals surface area (Å²) in [4.78, 5) is 14.4. The van der Waals surface area contributed by atoms with E-state index in [1.165, 1.54) is 6.07 Å². The smallest absolute Gasteiger partial charge is 0.257 e. The predicted octanol–water partition coefficient (Wildman–Crippen LogP) is 1.79. The Morgan fingerprint density at radius 1 is 1.22 bits per heavy atom. The Morgan fingerprint density at radius 2 is 2.00 bits per heavy atom. The highest BCUT2D eigenvalue weighted by molar-refractivity contribution is 5.95. The van der Waals surface area contributed by atoms with Gasteiger partial charge in [0, 0.05) is 18.6 Å². The van der Waals surface area contributed by atoms with Gasteiger partial charge >= 0.3 is 0 Å². The summed E-state index contributed by atoms with van der Waals surface area (Å²) in [7, 11) is 0. The summed E-state index contributed by atoms with van der Waals surface area (Å²) in [5.74, 6) is -0.566. The molecule has 2 aliphatic heterocycles. The summed E-state index contributed by atoms with van der Waals surface area (Å²) in [6, 6.07) is 6.77. The number of nitrogens with one attached hydrogen (secondary N) is 1. The van der Waals surface area contributed by atoms with E-state index in [9.17, 15) is 9.18 Å². The highest BCUT2D eigenvalue weighted by Crippen LogP contribution is 2.29. The lowest BCUT2D eigenvalue weighted by Crippen LogP contribution is -2.42. The van der Waals surface area contributed by atoms with E-state index in [0.29, 0.717) is 0 Å². The van der Waals surface area contributed by atoms with Gasteiger partial charge in [0.05, 0.1) is 5.56 Å². The number of halogens is 1. The maximum Gasteiger partial charge on any atom is 0.257 e. The molecule has 18 heavy (non-hydrogen) atoms. The molecule has 0 radical (unpaired) electrons. The summed E-state index contributed by atoms with van der Waals surface area (Å²) >= 11 is 0. The zero-order valence-corrected chi connectivity index (χ0v) is 10.2. The Bertz CT molecular complexity index is 449. The van der Waals surface area contributed by atoms with Crippen LogP contribution in [0.3, 0.4) is 0 Å². The Hall–Kier alpha value is -1.42. The zero-order chi connectivity index (χ0) is 12.5. The first-order valence-electron chi connectivity index (χ1n) is 6.55. The number of hydrogen-bond acceptors (Lipinski definition) is 2. The molecule has 2 unspecified atom stereocenters. The zero-order valence-electron chi connectivity index (χ0n) is 10.2. The van der Waals surface area contributed by atoms with Gasteiger partial charge in [-0.25, -0.2) is 4.39 Å². The van der Waals surface area contributed by atoms with E-state index in [-0.39, 0.29) is 23.6 Å². The lowest BCUT2D eigenvalue weighted by molar-refractivity contribution is 0.0675. The van der Waals surface area contributed by atoms with Crippen LogP contribution in [0, 0.1) is 5.82 Å². The molecule has 3 nitrogen and oxygen atoms in total. The number of hydrogen-bond donors (Lipinski definition) is 1. The van der Waals surface area contributed by atoms with Crippen LogP contribution in [0.15, 0.2) is 24.3 Å². The van der Waals surface area contributed by atoms with Crippen molar-refractivity contribution in [2.45, 2.75) is 31.3 Å². The van der Waals surface area contributed by atoms with Crippen molar-refractivity contribution < 1.29 is 9.18 Å². The van der Waals surface area contributed by atoms with Gasteiger partial charge in [-0.2, -0.15) is 0 Å². The van der Waals surface area contributed by atoms with Gasteiger partial charge in [0.15, 0.2) is 0 Å². The maximum absolute atomic E-state index is 13.7. The van der Waals surface area contributed by atoms with Crippen molar-refractivity contribution in [2.24, 2.45) is 0 Å².